The lowest BCUT2D eigenvalue weighted by atomic mass is 10.0. The Morgan fingerprint density at radius 3 is 1.82 bits per heavy atom. The Labute approximate surface area is 125 Å². The Balaban J connectivity index is 1.99. The zero-order valence-electron chi connectivity index (χ0n) is 11.8. The smallest absolute Gasteiger partial charge is 0.333 e. The van der Waals surface area contributed by atoms with Crippen molar-refractivity contribution < 1.29 is 28.7 Å². The minimum Gasteiger partial charge on any atom is -0.468 e. The second-order valence-electron chi connectivity index (χ2n) is 4.81. The van der Waals surface area contributed by atoms with E-state index in [0.717, 1.165) is 19.1 Å². The molecule has 0 unspecified atom stereocenters. The van der Waals surface area contributed by atoms with Gasteiger partial charge in [0.2, 0.25) is 5.41 Å². The maximum absolute atomic E-state index is 12.4. The van der Waals surface area contributed by atoms with E-state index in [1.54, 1.807) is 12.1 Å². The number of fused-ring (bicyclic) bond motifs is 1. The Bertz CT molecular complexity index is 712. The first-order valence-electron chi connectivity index (χ1n) is 6.37. The quantitative estimate of drug-likeness (QED) is 0.459. The van der Waals surface area contributed by atoms with Gasteiger partial charge in [0.05, 0.1) is 31.0 Å². The number of esters is 2. The summed E-state index contributed by atoms with van der Waals surface area (Å²) in [5.41, 5.74) is -1.40. The van der Waals surface area contributed by atoms with Gasteiger partial charge < -0.3 is 9.47 Å². The van der Waals surface area contributed by atoms with E-state index in [4.69, 9.17) is 0 Å². The molecule has 2 aliphatic rings. The second kappa shape index (κ2) is 4.52. The van der Waals surface area contributed by atoms with E-state index in [1.807, 2.05) is 0 Å². The van der Waals surface area contributed by atoms with E-state index in [0.29, 0.717) is 0 Å². The third kappa shape index (κ3) is 1.56. The number of carbonyl (C=O) groups is 4. The van der Waals surface area contributed by atoms with E-state index < -0.39 is 29.2 Å². The Kier molecular flexibility index (Phi) is 2.88. The molecular weight excluding hydrogens is 290 g/mol. The summed E-state index contributed by atoms with van der Waals surface area (Å²) in [6.45, 7) is 0. The molecule has 3 rings (SSSR count). The molecular formula is C15H11NO6. The van der Waals surface area contributed by atoms with Gasteiger partial charge >= 0.3 is 11.9 Å². The molecule has 0 N–H and O–H groups in total. The van der Waals surface area contributed by atoms with Crippen molar-refractivity contribution in [3.63, 3.8) is 0 Å². The van der Waals surface area contributed by atoms with Crippen LogP contribution in [0.15, 0.2) is 36.0 Å². The number of nitrogens with zero attached hydrogens (tertiary/aromatic N) is 1. The summed E-state index contributed by atoms with van der Waals surface area (Å²) >= 11 is 0. The highest BCUT2D eigenvalue weighted by atomic mass is 16.5. The average Bonchev–Trinajstić information content (AvgIpc) is 3.23. The van der Waals surface area contributed by atoms with Crippen molar-refractivity contribution in [2.24, 2.45) is 5.41 Å². The zero-order valence-corrected chi connectivity index (χ0v) is 11.8. The van der Waals surface area contributed by atoms with Gasteiger partial charge in [-0.2, -0.15) is 0 Å². The summed E-state index contributed by atoms with van der Waals surface area (Å²) < 4.78 is 9.19. The van der Waals surface area contributed by atoms with Gasteiger partial charge in [0, 0.05) is 0 Å². The molecule has 2 amide bonds. The molecule has 1 aliphatic carbocycles. The summed E-state index contributed by atoms with van der Waals surface area (Å²) in [4.78, 5) is 49.4. The van der Waals surface area contributed by atoms with Crippen LogP contribution in [0.4, 0.5) is 0 Å². The van der Waals surface area contributed by atoms with Gasteiger partial charge in [-0.1, -0.05) is 12.1 Å². The average molecular weight is 301 g/mol. The summed E-state index contributed by atoms with van der Waals surface area (Å²) in [6.07, 6.45) is 1.20. The van der Waals surface area contributed by atoms with Crippen LogP contribution in [0.3, 0.4) is 0 Å². The number of methoxy groups -OCH3 is 2. The fraction of sp³-hybridized carbons (Fsp3) is 0.200. The lowest BCUT2D eigenvalue weighted by Crippen LogP contribution is -2.38. The van der Waals surface area contributed by atoms with Crippen molar-refractivity contribution in [1.29, 1.82) is 0 Å². The van der Waals surface area contributed by atoms with E-state index >= 15 is 0 Å². The van der Waals surface area contributed by atoms with Gasteiger partial charge in [-0.25, -0.2) is 4.90 Å². The SMILES string of the molecule is COC(=O)C1(C(=O)OC)C=C1N1C(=O)c2ccccc2C1=O. The molecule has 7 heteroatoms. The summed E-state index contributed by atoms with van der Waals surface area (Å²) in [5, 5.41) is 0. The number of hydrogen-bond donors (Lipinski definition) is 0. The van der Waals surface area contributed by atoms with Crippen molar-refractivity contribution in [3.8, 4) is 0 Å². The Morgan fingerprint density at radius 1 is 0.955 bits per heavy atom. The summed E-state index contributed by atoms with van der Waals surface area (Å²) in [7, 11) is 2.22. The van der Waals surface area contributed by atoms with Crippen LogP contribution >= 0.6 is 0 Å². The normalized spacial score (nSPS) is 17.7. The van der Waals surface area contributed by atoms with Gasteiger partial charge in [-0.3, -0.25) is 19.2 Å². The fourth-order valence-corrected chi connectivity index (χ4v) is 2.55. The number of carbonyl (C=O) groups excluding carboxylic acids is 4. The van der Waals surface area contributed by atoms with Crippen molar-refractivity contribution >= 4 is 23.8 Å². The molecule has 0 bridgehead atoms. The van der Waals surface area contributed by atoms with Crippen LogP contribution in [0.25, 0.3) is 0 Å². The van der Waals surface area contributed by atoms with Crippen LogP contribution in [0.5, 0.6) is 0 Å². The first-order valence-corrected chi connectivity index (χ1v) is 6.37. The predicted octanol–water partition coefficient (Wildman–Crippen LogP) is 0.512. The number of benzene rings is 1. The van der Waals surface area contributed by atoms with Crippen molar-refractivity contribution in [2.45, 2.75) is 0 Å². The third-order valence-corrected chi connectivity index (χ3v) is 3.72. The van der Waals surface area contributed by atoms with E-state index in [-0.39, 0.29) is 16.8 Å². The van der Waals surface area contributed by atoms with Crippen LogP contribution in [-0.2, 0) is 19.1 Å². The standard InChI is InChI=1S/C15H11NO6/c1-21-13(19)15(14(20)22-2)7-10(15)16-11(17)8-5-3-4-6-9(8)12(16)18/h3-7H,1-2H3. The number of imide groups is 1. The van der Waals surface area contributed by atoms with E-state index in [1.165, 1.54) is 18.2 Å². The van der Waals surface area contributed by atoms with Crippen LogP contribution in [0.1, 0.15) is 20.7 Å². The zero-order chi connectivity index (χ0) is 16.1. The number of rotatable bonds is 3. The minimum atomic E-state index is -1.82. The molecule has 1 aliphatic heterocycles. The molecule has 0 fully saturated rings. The predicted molar refractivity (Wildman–Crippen MR) is 71.5 cm³/mol. The lowest BCUT2D eigenvalue weighted by Gasteiger charge is -2.18. The molecule has 0 spiro atoms. The number of ether oxygens (including phenoxy) is 2. The molecule has 0 saturated carbocycles. The lowest BCUT2D eigenvalue weighted by molar-refractivity contribution is -0.160. The van der Waals surface area contributed by atoms with Gasteiger partial charge in [0.25, 0.3) is 11.8 Å². The maximum Gasteiger partial charge on any atom is 0.333 e. The molecule has 0 radical (unpaired) electrons. The second-order valence-corrected chi connectivity index (χ2v) is 4.81. The molecule has 0 aromatic heterocycles. The van der Waals surface area contributed by atoms with E-state index in [9.17, 15) is 19.2 Å². The highest BCUT2D eigenvalue weighted by Gasteiger charge is 2.65. The first kappa shape index (κ1) is 14.0. The van der Waals surface area contributed by atoms with Crippen molar-refractivity contribution in [3.05, 3.63) is 47.2 Å². The third-order valence-electron chi connectivity index (χ3n) is 3.72. The Hall–Kier alpha value is -2.96. The molecule has 22 heavy (non-hydrogen) atoms. The molecule has 112 valence electrons. The van der Waals surface area contributed by atoms with Crippen LogP contribution in [-0.4, -0.2) is 42.9 Å². The fourth-order valence-electron chi connectivity index (χ4n) is 2.55. The van der Waals surface area contributed by atoms with Crippen LogP contribution in [0.2, 0.25) is 0 Å². The van der Waals surface area contributed by atoms with Gasteiger partial charge in [0.1, 0.15) is 0 Å². The number of amides is 2. The van der Waals surface area contributed by atoms with Gasteiger partial charge in [-0.15, -0.1) is 0 Å². The molecule has 0 atom stereocenters. The van der Waals surface area contributed by atoms with E-state index in [2.05, 4.69) is 9.47 Å². The monoisotopic (exact) mass is 301 g/mol. The molecule has 0 saturated heterocycles. The molecule has 1 aromatic carbocycles. The Morgan fingerprint density at radius 2 is 1.41 bits per heavy atom. The highest BCUT2D eigenvalue weighted by Crippen LogP contribution is 2.50. The molecule has 1 heterocycles. The largest absolute Gasteiger partial charge is 0.468 e. The molecule has 7 nitrogen and oxygen atoms in total. The summed E-state index contributed by atoms with van der Waals surface area (Å²) in [6, 6.07) is 6.28. The number of hydrogen-bond acceptors (Lipinski definition) is 6. The molecule has 1 aromatic rings. The van der Waals surface area contributed by atoms with Crippen molar-refractivity contribution in [1.82, 2.24) is 4.90 Å². The van der Waals surface area contributed by atoms with Gasteiger partial charge in [0.15, 0.2) is 0 Å². The van der Waals surface area contributed by atoms with Gasteiger partial charge in [-0.05, 0) is 18.2 Å². The maximum atomic E-state index is 12.4. The van der Waals surface area contributed by atoms with Crippen LogP contribution < -0.4 is 0 Å². The summed E-state index contributed by atoms with van der Waals surface area (Å²) in [5.74, 6) is -2.96. The topological polar surface area (TPSA) is 90.0 Å². The first-order chi connectivity index (χ1) is 10.5. The minimum absolute atomic E-state index is 0.0302. The van der Waals surface area contributed by atoms with Crippen molar-refractivity contribution in [2.75, 3.05) is 14.2 Å². The highest BCUT2D eigenvalue weighted by molar-refractivity contribution is 6.25. The van der Waals surface area contributed by atoms with Crippen LogP contribution in [0, 0.1) is 5.41 Å².